The molecule has 0 saturated heterocycles. The van der Waals surface area contributed by atoms with Crippen molar-refractivity contribution in [1.29, 1.82) is 5.26 Å². The van der Waals surface area contributed by atoms with Crippen molar-refractivity contribution in [2.24, 2.45) is 0 Å². The summed E-state index contributed by atoms with van der Waals surface area (Å²) in [5.41, 5.74) is 1.69. The number of para-hydroxylation sites is 1. The quantitative estimate of drug-likeness (QED) is 0.360. The molecule has 0 N–H and O–H groups in total. The fraction of sp³-hybridized carbons (Fsp3) is 0.269. The van der Waals surface area contributed by atoms with Crippen LogP contribution in [0.15, 0.2) is 78.9 Å². The molecule has 3 rings (SSSR count). The Morgan fingerprint density at radius 1 is 0.871 bits per heavy atom. The summed E-state index contributed by atoms with van der Waals surface area (Å²) in [5.74, 6) is 1.30. The fourth-order valence-electron chi connectivity index (χ4n) is 3.46. The van der Waals surface area contributed by atoms with Crippen molar-refractivity contribution in [2.45, 2.75) is 44.6 Å². The van der Waals surface area contributed by atoms with Gasteiger partial charge in [0.15, 0.2) is 0 Å². The average molecular weight is 421 g/mol. The van der Waals surface area contributed by atoms with E-state index in [2.05, 4.69) is 24.7 Å². The molecule has 0 aliphatic carbocycles. The monoisotopic (exact) mass is 421 g/mol. The van der Waals surface area contributed by atoms with Crippen LogP contribution in [-0.4, -0.2) is 6.61 Å². The number of nitriles is 1. The van der Waals surface area contributed by atoms with Gasteiger partial charge >= 0.3 is 6.61 Å². The van der Waals surface area contributed by atoms with E-state index in [1.54, 1.807) is 24.3 Å². The van der Waals surface area contributed by atoms with Crippen LogP contribution in [0.4, 0.5) is 8.78 Å². The third kappa shape index (κ3) is 6.29. The molecule has 0 aliphatic rings. The number of nitrogens with zero attached hydrogens (tertiary/aromatic N) is 1. The molecule has 160 valence electrons. The van der Waals surface area contributed by atoms with Crippen LogP contribution in [0.1, 0.15) is 43.7 Å². The van der Waals surface area contributed by atoms with Crippen molar-refractivity contribution >= 4 is 0 Å². The zero-order valence-corrected chi connectivity index (χ0v) is 17.6. The van der Waals surface area contributed by atoms with Crippen LogP contribution >= 0.6 is 0 Å². The van der Waals surface area contributed by atoms with E-state index < -0.39 is 6.61 Å². The number of benzene rings is 3. The first-order chi connectivity index (χ1) is 14.9. The fourth-order valence-corrected chi connectivity index (χ4v) is 3.46. The topological polar surface area (TPSA) is 42.2 Å². The van der Waals surface area contributed by atoms with Crippen molar-refractivity contribution in [1.82, 2.24) is 0 Å². The Balaban J connectivity index is 1.67. The third-order valence-electron chi connectivity index (χ3n) is 5.31. The van der Waals surface area contributed by atoms with Crippen LogP contribution < -0.4 is 9.47 Å². The second-order valence-electron chi connectivity index (χ2n) is 7.99. The number of rotatable bonds is 9. The molecule has 1 unspecified atom stereocenters. The van der Waals surface area contributed by atoms with Gasteiger partial charge in [-0.25, -0.2) is 0 Å². The first-order valence-electron chi connectivity index (χ1n) is 10.2. The highest BCUT2D eigenvalue weighted by Gasteiger charge is 2.23. The molecule has 0 fully saturated rings. The maximum absolute atomic E-state index is 12.4. The SMILES string of the molecule is CC(C)(CCC(C#N)c1cccc(Oc2ccccc2)c1)c1ccc(OC(F)F)cc1. The Kier molecular flexibility index (Phi) is 7.25. The van der Waals surface area contributed by atoms with Crippen molar-refractivity contribution in [3.63, 3.8) is 0 Å². The number of hydrogen-bond donors (Lipinski definition) is 0. The summed E-state index contributed by atoms with van der Waals surface area (Å²) in [7, 11) is 0. The van der Waals surface area contributed by atoms with Gasteiger partial charge in [-0.1, -0.05) is 56.3 Å². The van der Waals surface area contributed by atoms with Gasteiger partial charge in [0, 0.05) is 0 Å². The van der Waals surface area contributed by atoms with E-state index in [0.29, 0.717) is 12.2 Å². The maximum atomic E-state index is 12.4. The lowest BCUT2D eigenvalue weighted by molar-refractivity contribution is -0.0498. The van der Waals surface area contributed by atoms with Crippen LogP contribution in [0, 0.1) is 11.3 Å². The average Bonchev–Trinajstić information content (AvgIpc) is 2.75. The van der Waals surface area contributed by atoms with Crippen molar-refractivity contribution in [3.05, 3.63) is 90.0 Å². The van der Waals surface area contributed by atoms with E-state index in [0.717, 1.165) is 23.3 Å². The van der Waals surface area contributed by atoms with E-state index in [1.807, 2.05) is 54.6 Å². The molecule has 0 amide bonds. The lowest BCUT2D eigenvalue weighted by Crippen LogP contribution is -2.18. The van der Waals surface area contributed by atoms with Gasteiger partial charge in [-0.05, 0) is 65.8 Å². The molecular formula is C26H25F2NO2. The molecule has 3 nitrogen and oxygen atoms in total. The molecule has 5 heteroatoms. The van der Waals surface area contributed by atoms with Gasteiger partial charge in [0.05, 0.1) is 12.0 Å². The highest BCUT2D eigenvalue weighted by Crippen LogP contribution is 2.34. The summed E-state index contributed by atoms with van der Waals surface area (Å²) in [6, 6.07) is 26.2. The standard InChI is InChI=1S/C26H25F2NO2/c1-26(2,21-11-13-23(14-12-21)31-25(27)28)16-15-20(18-29)19-7-6-10-24(17-19)30-22-8-4-3-5-9-22/h3-14,17,20,25H,15-16H2,1-2H3. The minimum Gasteiger partial charge on any atom is -0.457 e. The minimum atomic E-state index is -2.84. The summed E-state index contributed by atoms with van der Waals surface area (Å²) in [6.07, 6.45) is 1.41. The highest BCUT2D eigenvalue weighted by atomic mass is 19.3. The van der Waals surface area contributed by atoms with Crippen LogP contribution in [0.3, 0.4) is 0 Å². The van der Waals surface area contributed by atoms with Gasteiger partial charge in [-0.15, -0.1) is 0 Å². The van der Waals surface area contributed by atoms with E-state index >= 15 is 0 Å². The van der Waals surface area contributed by atoms with Crippen molar-refractivity contribution in [2.75, 3.05) is 0 Å². The van der Waals surface area contributed by atoms with E-state index in [9.17, 15) is 14.0 Å². The number of hydrogen-bond acceptors (Lipinski definition) is 3. The normalized spacial score (nSPS) is 12.3. The lowest BCUT2D eigenvalue weighted by Gasteiger charge is -2.26. The van der Waals surface area contributed by atoms with Gasteiger partial charge in [-0.2, -0.15) is 14.0 Å². The zero-order chi connectivity index (χ0) is 22.3. The predicted octanol–water partition coefficient (Wildman–Crippen LogP) is 7.45. The lowest BCUT2D eigenvalue weighted by atomic mass is 9.78. The summed E-state index contributed by atoms with van der Waals surface area (Å²) in [5, 5.41) is 9.77. The molecular weight excluding hydrogens is 396 g/mol. The largest absolute Gasteiger partial charge is 0.457 e. The summed E-state index contributed by atoms with van der Waals surface area (Å²) in [4.78, 5) is 0. The van der Waals surface area contributed by atoms with Crippen LogP contribution in [0.25, 0.3) is 0 Å². The van der Waals surface area contributed by atoms with E-state index in [-0.39, 0.29) is 17.1 Å². The molecule has 0 spiro atoms. The second-order valence-corrected chi connectivity index (χ2v) is 7.99. The molecule has 31 heavy (non-hydrogen) atoms. The Morgan fingerprint density at radius 2 is 1.55 bits per heavy atom. The van der Waals surface area contributed by atoms with Gasteiger partial charge < -0.3 is 9.47 Å². The van der Waals surface area contributed by atoms with E-state index in [4.69, 9.17) is 4.74 Å². The van der Waals surface area contributed by atoms with Crippen LogP contribution in [0.2, 0.25) is 0 Å². The Labute approximate surface area is 181 Å². The first kappa shape index (κ1) is 22.3. The molecule has 0 aromatic heterocycles. The van der Waals surface area contributed by atoms with E-state index in [1.165, 1.54) is 0 Å². The molecule has 0 saturated carbocycles. The van der Waals surface area contributed by atoms with Gasteiger partial charge in [-0.3, -0.25) is 0 Å². The third-order valence-corrected chi connectivity index (χ3v) is 5.31. The molecule has 0 aliphatic heterocycles. The molecule has 0 radical (unpaired) electrons. The molecule has 0 heterocycles. The Hall–Kier alpha value is -3.39. The predicted molar refractivity (Wildman–Crippen MR) is 117 cm³/mol. The summed E-state index contributed by atoms with van der Waals surface area (Å²) in [6.45, 7) is 1.33. The van der Waals surface area contributed by atoms with Crippen LogP contribution in [0.5, 0.6) is 17.2 Å². The van der Waals surface area contributed by atoms with Gasteiger partial charge in [0.2, 0.25) is 0 Å². The minimum absolute atomic E-state index is 0.139. The number of ether oxygens (including phenoxy) is 2. The smallest absolute Gasteiger partial charge is 0.387 e. The first-order valence-corrected chi connectivity index (χ1v) is 10.2. The summed E-state index contributed by atoms with van der Waals surface area (Å²) >= 11 is 0. The Bertz CT molecular complexity index is 1010. The molecule has 3 aromatic rings. The highest BCUT2D eigenvalue weighted by molar-refractivity contribution is 5.37. The summed E-state index contributed by atoms with van der Waals surface area (Å²) < 4.78 is 35.0. The molecule has 1 atom stereocenters. The van der Waals surface area contributed by atoms with Crippen molar-refractivity contribution in [3.8, 4) is 23.3 Å². The maximum Gasteiger partial charge on any atom is 0.387 e. The van der Waals surface area contributed by atoms with Crippen LogP contribution in [-0.2, 0) is 5.41 Å². The second kappa shape index (κ2) is 10.1. The number of alkyl halides is 2. The Morgan fingerprint density at radius 3 is 2.19 bits per heavy atom. The van der Waals surface area contributed by atoms with Gasteiger partial charge in [0.1, 0.15) is 17.2 Å². The molecule has 0 bridgehead atoms. The molecule has 3 aromatic carbocycles. The number of halogens is 2. The van der Waals surface area contributed by atoms with Gasteiger partial charge in [0.25, 0.3) is 0 Å². The van der Waals surface area contributed by atoms with Crippen molar-refractivity contribution < 1.29 is 18.3 Å². The zero-order valence-electron chi connectivity index (χ0n) is 17.6.